The van der Waals surface area contributed by atoms with Gasteiger partial charge in [-0.3, -0.25) is 0 Å². The molecule has 0 aliphatic rings. The number of hydrogen-bond donors (Lipinski definition) is 0. The van der Waals surface area contributed by atoms with Crippen molar-refractivity contribution in [3.05, 3.63) is 35.1 Å². The zero-order valence-corrected chi connectivity index (χ0v) is 13.5. The summed E-state index contributed by atoms with van der Waals surface area (Å²) >= 11 is 0. The minimum atomic E-state index is -2.67. The van der Waals surface area contributed by atoms with Crippen LogP contribution in [0.15, 0.2) is 12.1 Å². The Kier molecular flexibility index (Phi) is 7.37. The van der Waals surface area contributed by atoms with Crippen LogP contribution in [-0.2, 0) is 19.7 Å². The van der Waals surface area contributed by atoms with Gasteiger partial charge in [-0.15, -0.1) is 0 Å². The molecule has 0 heterocycles. The molecule has 1 aromatic carbocycles. The third-order valence-corrected chi connectivity index (χ3v) is 6.19. The van der Waals surface area contributed by atoms with E-state index in [2.05, 4.69) is 0 Å². The van der Waals surface area contributed by atoms with Crippen molar-refractivity contribution < 1.29 is 26.4 Å². The first-order valence-corrected chi connectivity index (χ1v) is 8.79. The van der Waals surface area contributed by atoms with E-state index >= 15 is 0 Å². The molecule has 7 heteroatoms. The van der Waals surface area contributed by atoms with Crippen molar-refractivity contribution in [2.24, 2.45) is 0 Å². The summed E-state index contributed by atoms with van der Waals surface area (Å²) in [6.45, 7) is 2.33. The lowest BCUT2D eigenvalue weighted by Crippen LogP contribution is -2.43. The molecule has 0 radical (unpaired) electrons. The molecule has 0 amide bonds. The quantitative estimate of drug-likeness (QED) is 0.512. The summed E-state index contributed by atoms with van der Waals surface area (Å²) in [7, 11) is 0.400. The van der Waals surface area contributed by atoms with Crippen LogP contribution < -0.4 is 0 Å². The van der Waals surface area contributed by atoms with E-state index in [4.69, 9.17) is 13.3 Å². The second kappa shape index (κ2) is 8.53. The SMILES string of the molecule is CCO[Si](CCCCc1c(F)cc(F)cc1F)(OC)OC. The molecule has 0 aliphatic carbocycles. The van der Waals surface area contributed by atoms with Crippen molar-refractivity contribution in [2.45, 2.75) is 32.2 Å². The Balaban J connectivity index is 2.54. The molecule has 0 aromatic heterocycles. The summed E-state index contributed by atoms with van der Waals surface area (Å²) < 4.78 is 56.0. The summed E-state index contributed by atoms with van der Waals surface area (Å²) in [6.07, 6.45) is 1.38. The zero-order chi connectivity index (χ0) is 15.9. The van der Waals surface area contributed by atoms with E-state index in [9.17, 15) is 13.2 Å². The van der Waals surface area contributed by atoms with E-state index in [1.54, 1.807) is 0 Å². The maximum absolute atomic E-state index is 13.5. The average molecular weight is 322 g/mol. The van der Waals surface area contributed by atoms with Crippen LogP contribution in [0.4, 0.5) is 13.2 Å². The molecule has 0 saturated heterocycles. The highest BCUT2D eigenvalue weighted by atomic mass is 28.4. The van der Waals surface area contributed by atoms with Crippen molar-refractivity contribution >= 4 is 8.80 Å². The topological polar surface area (TPSA) is 27.7 Å². The maximum atomic E-state index is 13.5. The normalized spacial score (nSPS) is 11.9. The predicted molar refractivity (Wildman–Crippen MR) is 75.5 cm³/mol. The molecular formula is C14H21F3O3Si. The molecule has 3 nitrogen and oxygen atoms in total. The largest absolute Gasteiger partial charge is 0.500 e. The van der Waals surface area contributed by atoms with Crippen LogP contribution in [0.1, 0.15) is 25.3 Å². The first kappa shape index (κ1) is 18.2. The van der Waals surface area contributed by atoms with Crippen molar-refractivity contribution in [1.29, 1.82) is 0 Å². The first-order chi connectivity index (χ1) is 9.98. The third-order valence-electron chi connectivity index (χ3n) is 3.25. The maximum Gasteiger partial charge on any atom is 0.500 e. The van der Waals surface area contributed by atoms with Crippen LogP contribution >= 0.6 is 0 Å². The lowest BCUT2D eigenvalue weighted by Gasteiger charge is -2.25. The lowest BCUT2D eigenvalue weighted by molar-refractivity contribution is 0.103. The van der Waals surface area contributed by atoms with E-state index < -0.39 is 26.3 Å². The molecule has 0 fully saturated rings. The zero-order valence-electron chi connectivity index (χ0n) is 12.5. The van der Waals surface area contributed by atoms with Gasteiger partial charge in [0, 0.05) is 44.6 Å². The highest BCUT2D eigenvalue weighted by Crippen LogP contribution is 2.21. The standard InChI is InChI=1S/C14H21F3O3Si/c1-4-20-21(18-2,19-3)8-6-5-7-12-13(16)9-11(15)10-14(12)17/h9-10H,4-8H2,1-3H3. The van der Waals surface area contributed by atoms with Crippen LogP contribution in [0.3, 0.4) is 0 Å². The van der Waals surface area contributed by atoms with Crippen LogP contribution in [0, 0.1) is 17.5 Å². The summed E-state index contributed by atoms with van der Waals surface area (Å²) in [5.74, 6) is -2.60. The summed E-state index contributed by atoms with van der Waals surface area (Å²) in [6, 6.07) is 1.96. The van der Waals surface area contributed by atoms with Crippen LogP contribution in [0.5, 0.6) is 0 Å². The summed E-state index contributed by atoms with van der Waals surface area (Å²) in [4.78, 5) is 0. The van der Waals surface area contributed by atoms with E-state index in [1.807, 2.05) is 6.92 Å². The smallest absolute Gasteiger partial charge is 0.377 e. The van der Waals surface area contributed by atoms with Gasteiger partial charge < -0.3 is 13.3 Å². The van der Waals surface area contributed by atoms with Crippen LogP contribution in [0.2, 0.25) is 6.04 Å². The fraction of sp³-hybridized carbons (Fsp3) is 0.571. The molecule has 120 valence electrons. The van der Waals surface area contributed by atoms with Crippen LogP contribution in [-0.4, -0.2) is 29.6 Å². The van der Waals surface area contributed by atoms with E-state index in [0.717, 1.165) is 0 Å². The van der Waals surface area contributed by atoms with Crippen molar-refractivity contribution in [3.8, 4) is 0 Å². The molecule has 0 aliphatic heterocycles. The molecule has 0 atom stereocenters. The molecule has 0 bridgehead atoms. The average Bonchev–Trinajstić information content (AvgIpc) is 2.44. The Morgan fingerprint density at radius 1 is 1.00 bits per heavy atom. The Morgan fingerprint density at radius 2 is 1.57 bits per heavy atom. The van der Waals surface area contributed by atoms with Gasteiger partial charge in [-0.2, -0.15) is 0 Å². The molecular weight excluding hydrogens is 301 g/mol. The number of rotatable bonds is 9. The van der Waals surface area contributed by atoms with E-state index in [1.165, 1.54) is 14.2 Å². The monoisotopic (exact) mass is 322 g/mol. The predicted octanol–water partition coefficient (Wildman–Crippen LogP) is 3.69. The van der Waals surface area contributed by atoms with Gasteiger partial charge in [-0.05, 0) is 26.2 Å². The molecule has 21 heavy (non-hydrogen) atoms. The number of halogens is 3. The van der Waals surface area contributed by atoms with Gasteiger partial charge in [-0.1, -0.05) is 0 Å². The molecule has 1 aromatic rings. The lowest BCUT2D eigenvalue weighted by atomic mass is 10.1. The summed E-state index contributed by atoms with van der Waals surface area (Å²) in [5.41, 5.74) is -0.0880. The highest BCUT2D eigenvalue weighted by Gasteiger charge is 2.37. The Bertz CT molecular complexity index is 430. The third kappa shape index (κ3) is 5.10. The Hall–Kier alpha value is -0.893. The number of hydrogen-bond acceptors (Lipinski definition) is 3. The molecule has 0 saturated carbocycles. The van der Waals surface area contributed by atoms with Gasteiger partial charge in [0.25, 0.3) is 0 Å². The van der Waals surface area contributed by atoms with Crippen LogP contribution in [0.25, 0.3) is 0 Å². The Labute approximate surface area is 124 Å². The van der Waals surface area contributed by atoms with Gasteiger partial charge in [0.2, 0.25) is 0 Å². The molecule has 0 N–H and O–H groups in total. The van der Waals surface area contributed by atoms with Crippen molar-refractivity contribution in [2.75, 3.05) is 20.8 Å². The fourth-order valence-corrected chi connectivity index (χ4v) is 4.23. The highest BCUT2D eigenvalue weighted by molar-refractivity contribution is 6.60. The number of benzene rings is 1. The minimum absolute atomic E-state index is 0.0880. The second-order valence-electron chi connectivity index (χ2n) is 4.58. The number of unbranched alkanes of at least 4 members (excludes halogenated alkanes) is 1. The van der Waals surface area contributed by atoms with Gasteiger partial charge in [0.1, 0.15) is 17.5 Å². The fourth-order valence-electron chi connectivity index (χ4n) is 2.15. The van der Waals surface area contributed by atoms with Gasteiger partial charge in [0.05, 0.1) is 0 Å². The molecule has 0 spiro atoms. The van der Waals surface area contributed by atoms with Gasteiger partial charge >= 0.3 is 8.80 Å². The Morgan fingerprint density at radius 3 is 2.05 bits per heavy atom. The van der Waals surface area contributed by atoms with Crippen molar-refractivity contribution in [3.63, 3.8) is 0 Å². The minimum Gasteiger partial charge on any atom is -0.377 e. The first-order valence-electron chi connectivity index (χ1n) is 6.85. The molecule has 1 rings (SSSR count). The van der Waals surface area contributed by atoms with Gasteiger partial charge in [0.15, 0.2) is 0 Å². The molecule has 0 unspecified atom stereocenters. The second-order valence-corrected chi connectivity index (χ2v) is 7.55. The van der Waals surface area contributed by atoms with Crippen molar-refractivity contribution in [1.82, 2.24) is 0 Å². The summed E-state index contributed by atoms with van der Waals surface area (Å²) in [5, 5.41) is 0. The van der Waals surface area contributed by atoms with Gasteiger partial charge in [-0.25, -0.2) is 13.2 Å². The van der Waals surface area contributed by atoms with E-state index in [0.29, 0.717) is 37.6 Å². The van der Waals surface area contributed by atoms with E-state index in [-0.39, 0.29) is 12.0 Å².